The Morgan fingerprint density at radius 2 is 0.619 bits per heavy atom. The first-order valence-electron chi connectivity index (χ1n) is 29.6. The van der Waals surface area contributed by atoms with Crippen LogP contribution in [0.3, 0.4) is 0 Å². The zero-order chi connectivity index (χ0) is 55.1. The van der Waals surface area contributed by atoms with Crippen molar-refractivity contribution >= 4 is 120 Å². The molecule has 2 aliphatic heterocycles. The number of anilines is 2. The number of fused-ring (bicyclic) bond motifs is 23. The topological polar surface area (TPSA) is 27.9 Å². The Hall–Kier alpha value is -10.6. The van der Waals surface area contributed by atoms with Gasteiger partial charge in [0.2, 0.25) is 0 Å². The van der Waals surface area contributed by atoms with Crippen molar-refractivity contribution in [3.8, 4) is 44.5 Å². The van der Waals surface area contributed by atoms with Gasteiger partial charge in [-0.1, -0.05) is 170 Å². The van der Waals surface area contributed by atoms with E-state index in [0.717, 1.165) is 13.0 Å². The lowest BCUT2D eigenvalue weighted by Crippen LogP contribution is -2.26. The van der Waals surface area contributed by atoms with E-state index in [4.69, 9.17) is 0 Å². The smallest absolute Gasteiger partial charge is 0.100 e. The van der Waals surface area contributed by atoms with Gasteiger partial charge in [0.05, 0.1) is 33.1 Å². The average molecular weight is 1080 g/mol. The van der Waals surface area contributed by atoms with Crippen LogP contribution >= 0.6 is 0 Å². The molecule has 0 spiro atoms. The second kappa shape index (κ2) is 17.0. The molecule has 396 valence electrons. The summed E-state index contributed by atoms with van der Waals surface area (Å²) in [7, 11) is 2.20. The van der Waals surface area contributed by atoms with E-state index in [1.54, 1.807) is 0 Å². The maximum Gasteiger partial charge on any atom is 0.100 e. The third-order valence-corrected chi connectivity index (χ3v) is 19.5. The van der Waals surface area contributed by atoms with E-state index in [0.29, 0.717) is 13.3 Å². The number of hydrogen-bond donors (Lipinski definition) is 0. The van der Waals surface area contributed by atoms with Gasteiger partial charge in [-0.15, -0.1) is 0 Å². The van der Waals surface area contributed by atoms with Gasteiger partial charge in [-0.3, -0.25) is 0 Å². The Kier molecular flexibility index (Phi) is 9.33. The zero-order valence-corrected chi connectivity index (χ0v) is 46.6. The summed E-state index contributed by atoms with van der Waals surface area (Å²) in [5.41, 5.74) is 27.1. The molecule has 0 N–H and O–H groups in total. The normalized spacial score (nSPS) is 13.2. The molecule has 0 amide bonds. The van der Waals surface area contributed by atoms with E-state index in [1.165, 1.54) is 176 Å². The summed E-state index contributed by atoms with van der Waals surface area (Å²) >= 11 is 0. The highest BCUT2D eigenvalue weighted by molar-refractivity contribution is 6.15. The summed E-state index contributed by atoms with van der Waals surface area (Å²) in [6.07, 6.45) is 0.887. The van der Waals surface area contributed by atoms with Crippen LogP contribution in [0.5, 0.6) is 0 Å². The zero-order valence-electron chi connectivity index (χ0n) is 46.6. The van der Waals surface area contributed by atoms with Crippen LogP contribution in [0, 0.1) is 0 Å². The van der Waals surface area contributed by atoms with Gasteiger partial charge in [0, 0.05) is 107 Å². The van der Waals surface area contributed by atoms with Crippen LogP contribution in [0.4, 0.5) is 11.4 Å². The lowest BCUT2D eigenvalue weighted by atomic mass is 9.93. The lowest BCUT2D eigenvalue weighted by molar-refractivity contribution is 0.682. The molecule has 0 saturated carbocycles. The maximum atomic E-state index is 2.62. The van der Waals surface area contributed by atoms with Crippen LogP contribution in [-0.2, 0) is 33.4 Å². The maximum absolute atomic E-state index is 2.62. The Balaban J connectivity index is 0.890. The predicted molar refractivity (Wildman–Crippen MR) is 353 cm³/mol. The SMILES string of the molecule is CCn1c2ccccc2c2ccc(-c3ccc4c5ccc6cc5n(c4c3)Cn3c4cc(ccc4c4ccc(-c5ccc7c8ccccc8n(C)c7c5)cc43)-c3ccc4c(c3)N(Cn3c5ccccc5c5ccc-6cc53)c3ccccc3C4)cc21. The van der Waals surface area contributed by atoms with Gasteiger partial charge in [-0.2, -0.15) is 0 Å². The molecule has 6 nitrogen and oxygen atoms in total. The number of hydrogen-bond acceptors (Lipinski definition) is 1. The Bertz CT molecular complexity index is 5730. The molecule has 5 aromatic heterocycles. The van der Waals surface area contributed by atoms with Crippen LogP contribution in [-0.4, -0.2) is 22.8 Å². The van der Waals surface area contributed by atoms with Crippen LogP contribution in [0.1, 0.15) is 18.1 Å². The fourth-order valence-corrected chi connectivity index (χ4v) is 15.3. The number of benzene rings is 12. The van der Waals surface area contributed by atoms with Crippen LogP contribution in [0.15, 0.2) is 243 Å². The summed E-state index contributed by atoms with van der Waals surface area (Å²) < 4.78 is 12.6. The fraction of sp³-hybridized carbons (Fsp3) is 0.0769. The van der Waals surface area contributed by atoms with Crippen molar-refractivity contribution in [1.82, 2.24) is 22.8 Å². The van der Waals surface area contributed by atoms with Crippen LogP contribution in [0.2, 0.25) is 0 Å². The summed E-state index contributed by atoms with van der Waals surface area (Å²) in [5.74, 6) is 0. The number of rotatable bonds is 3. The first kappa shape index (κ1) is 46.1. The second-order valence-corrected chi connectivity index (χ2v) is 23.6. The first-order valence-corrected chi connectivity index (χ1v) is 29.6. The second-order valence-electron chi connectivity index (χ2n) is 23.6. The number of para-hydroxylation sites is 4. The molecule has 8 bridgehead atoms. The summed E-state index contributed by atoms with van der Waals surface area (Å²) in [4.78, 5) is 2.58. The molecule has 0 fully saturated rings. The Morgan fingerprint density at radius 1 is 0.274 bits per heavy atom. The van der Waals surface area contributed by atoms with Crippen molar-refractivity contribution < 1.29 is 0 Å². The summed E-state index contributed by atoms with van der Waals surface area (Å²) in [5, 5.41) is 12.7. The third kappa shape index (κ3) is 6.39. The monoisotopic (exact) mass is 1070 g/mol. The van der Waals surface area contributed by atoms with Gasteiger partial charge < -0.3 is 27.7 Å². The quantitative estimate of drug-likeness (QED) is 0.173. The molecule has 0 atom stereocenters. The van der Waals surface area contributed by atoms with E-state index >= 15 is 0 Å². The number of aryl methyl sites for hydroxylation is 2. The van der Waals surface area contributed by atoms with E-state index in [9.17, 15) is 0 Å². The standard InChI is InChI=1S/C78H54N6/c1-3-80-69-18-10-6-14-58(69)61-30-23-49(39-73(61)80)53-27-34-65-66-35-28-54-44-78(66)84(77(65)43-53)46-83-75-41-50(25-32-63(75)64-33-26-51(42-76(64)83)48-22-29-60-57-13-5-9-17-68(57)79(2)72(60)38-48)47-20-21-56-36-55-12-4-8-16-67(55)81(71(56)37-47)45-82-70-19-11-7-15-59(70)62-31-24-52(54)40-74(62)82/h4-35,37-44H,3,36,45-46H2,1-2H3. The molecular weight excluding hydrogens is 1020 g/mol. The minimum Gasteiger partial charge on any atom is -0.344 e. The first-order chi connectivity index (χ1) is 41.5. The van der Waals surface area contributed by atoms with Crippen molar-refractivity contribution in [3.05, 3.63) is 254 Å². The summed E-state index contributed by atoms with van der Waals surface area (Å²) in [6, 6.07) is 92.9. The van der Waals surface area contributed by atoms with E-state index in [2.05, 4.69) is 284 Å². The minimum atomic E-state index is 0.590. The van der Waals surface area contributed by atoms with Crippen LogP contribution in [0.25, 0.3) is 154 Å². The lowest BCUT2D eigenvalue weighted by Gasteiger charge is -2.34. The third-order valence-electron chi connectivity index (χ3n) is 19.5. The van der Waals surface area contributed by atoms with Gasteiger partial charge in [0.1, 0.15) is 13.3 Å². The van der Waals surface area contributed by atoms with Crippen molar-refractivity contribution in [2.75, 3.05) is 4.90 Å². The highest BCUT2D eigenvalue weighted by Gasteiger charge is 2.27. The largest absolute Gasteiger partial charge is 0.344 e. The molecule has 0 saturated heterocycles. The molecular formula is C78H54N6. The van der Waals surface area contributed by atoms with Crippen molar-refractivity contribution in [1.29, 1.82) is 0 Å². The molecule has 6 heteroatoms. The van der Waals surface area contributed by atoms with Crippen molar-refractivity contribution in [3.63, 3.8) is 0 Å². The Morgan fingerprint density at radius 3 is 1.14 bits per heavy atom. The van der Waals surface area contributed by atoms with Gasteiger partial charge in [-0.25, -0.2) is 0 Å². The van der Waals surface area contributed by atoms with E-state index in [1.807, 2.05) is 0 Å². The highest BCUT2D eigenvalue weighted by atomic mass is 15.3. The Labute approximate surface area is 484 Å². The van der Waals surface area contributed by atoms with Crippen LogP contribution < -0.4 is 4.90 Å². The molecule has 7 heterocycles. The van der Waals surface area contributed by atoms with E-state index in [-0.39, 0.29) is 0 Å². The fourth-order valence-electron chi connectivity index (χ4n) is 15.3. The molecule has 0 radical (unpaired) electrons. The molecule has 0 unspecified atom stereocenters. The average Bonchev–Trinajstić information content (AvgIpc) is 3.97. The summed E-state index contributed by atoms with van der Waals surface area (Å²) in [6.45, 7) is 4.41. The molecule has 19 rings (SSSR count). The van der Waals surface area contributed by atoms with Gasteiger partial charge >= 0.3 is 0 Å². The van der Waals surface area contributed by atoms with Crippen molar-refractivity contribution in [2.24, 2.45) is 7.05 Å². The number of aromatic nitrogens is 5. The van der Waals surface area contributed by atoms with Gasteiger partial charge in [-0.05, 0) is 135 Å². The highest BCUT2D eigenvalue weighted by Crippen LogP contribution is 2.46. The van der Waals surface area contributed by atoms with Gasteiger partial charge in [0.25, 0.3) is 0 Å². The molecule has 0 aliphatic carbocycles. The van der Waals surface area contributed by atoms with Gasteiger partial charge in [0.15, 0.2) is 0 Å². The molecule has 12 aromatic carbocycles. The minimum absolute atomic E-state index is 0.590. The van der Waals surface area contributed by atoms with Crippen molar-refractivity contribution in [2.45, 2.75) is 33.2 Å². The predicted octanol–water partition coefficient (Wildman–Crippen LogP) is 20.0. The molecule has 2 aliphatic rings. The van der Waals surface area contributed by atoms with E-state index < -0.39 is 0 Å². The molecule has 17 aromatic rings. The number of nitrogens with zero attached hydrogens (tertiary/aromatic N) is 6. The molecule has 84 heavy (non-hydrogen) atoms.